The molecule has 0 radical (unpaired) electrons. The van der Waals surface area contributed by atoms with Crippen LogP contribution in [0.25, 0.3) is 11.4 Å². The second-order valence-corrected chi connectivity index (χ2v) is 7.52. The summed E-state index contributed by atoms with van der Waals surface area (Å²) in [4.78, 5) is 12.3. The third-order valence-electron chi connectivity index (χ3n) is 4.70. The van der Waals surface area contributed by atoms with Gasteiger partial charge in [-0.3, -0.25) is 4.57 Å². The van der Waals surface area contributed by atoms with E-state index in [1.54, 1.807) is 11.5 Å². The van der Waals surface area contributed by atoms with Gasteiger partial charge in [-0.05, 0) is 35.6 Å². The predicted molar refractivity (Wildman–Crippen MR) is 111 cm³/mol. The van der Waals surface area contributed by atoms with Gasteiger partial charge in [-0.2, -0.15) is 5.10 Å². The quantitative estimate of drug-likeness (QED) is 0.561. The van der Waals surface area contributed by atoms with E-state index in [0.29, 0.717) is 31.4 Å². The van der Waals surface area contributed by atoms with Crippen molar-refractivity contribution in [1.82, 2.24) is 20.1 Å². The van der Waals surface area contributed by atoms with Crippen molar-refractivity contribution in [3.8, 4) is 11.4 Å². The zero-order valence-corrected chi connectivity index (χ0v) is 16.6. The first-order valence-electron chi connectivity index (χ1n) is 9.66. The van der Waals surface area contributed by atoms with Gasteiger partial charge in [0, 0.05) is 18.7 Å². The Kier molecular flexibility index (Phi) is 6.44. The van der Waals surface area contributed by atoms with E-state index in [1.807, 2.05) is 36.4 Å². The molecule has 0 aliphatic carbocycles. The van der Waals surface area contributed by atoms with Gasteiger partial charge in [-0.15, -0.1) is 0 Å². The average Bonchev–Trinajstić information content (AvgIpc) is 3.03. The van der Waals surface area contributed by atoms with Crippen molar-refractivity contribution >= 4 is 0 Å². The second kappa shape index (κ2) is 8.99. The molecular formula is C22H28N4O2. The topological polar surface area (TPSA) is 82.9 Å². The lowest BCUT2D eigenvalue weighted by Gasteiger charge is -2.10. The number of rotatable bonds is 8. The van der Waals surface area contributed by atoms with Crippen LogP contribution in [0.4, 0.5) is 0 Å². The van der Waals surface area contributed by atoms with E-state index in [9.17, 15) is 9.90 Å². The molecule has 28 heavy (non-hydrogen) atoms. The summed E-state index contributed by atoms with van der Waals surface area (Å²) in [6.07, 6.45) is -0.361. The largest absolute Gasteiger partial charge is 0.392 e. The highest BCUT2D eigenvalue weighted by molar-refractivity contribution is 5.56. The lowest BCUT2D eigenvalue weighted by Crippen LogP contribution is -2.23. The number of H-pyrrole nitrogens is 1. The van der Waals surface area contributed by atoms with Crippen molar-refractivity contribution in [2.45, 2.75) is 45.9 Å². The molecule has 0 bridgehead atoms. The van der Waals surface area contributed by atoms with Gasteiger partial charge < -0.3 is 10.4 Å². The maximum Gasteiger partial charge on any atom is 0.343 e. The van der Waals surface area contributed by atoms with Crippen LogP contribution in [0.1, 0.15) is 43.4 Å². The summed E-state index contributed by atoms with van der Waals surface area (Å²) < 4.78 is 1.67. The first kappa shape index (κ1) is 20.0. The molecule has 1 atom stereocenters. The number of nitrogens with zero attached hydrogens (tertiary/aromatic N) is 2. The van der Waals surface area contributed by atoms with Gasteiger partial charge >= 0.3 is 5.69 Å². The van der Waals surface area contributed by atoms with Crippen LogP contribution in [0.15, 0.2) is 53.3 Å². The van der Waals surface area contributed by atoms with Crippen LogP contribution in [0.5, 0.6) is 0 Å². The van der Waals surface area contributed by atoms with Crippen LogP contribution in [0, 0.1) is 0 Å². The number of aromatic amines is 1. The molecule has 0 spiro atoms. The molecule has 1 unspecified atom stereocenters. The zero-order valence-electron chi connectivity index (χ0n) is 16.6. The summed E-state index contributed by atoms with van der Waals surface area (Å²) in [5.41, 5.74) is 4.10. The summed E-state index contributed by atoms with van der Waals surface area (Å²) in [5, 5.41) is 19.3. The Balaban J connectivity index is 1.78. The van der Waals surface area contributed by atoms with Gasteiger partial charge in [0.15, 0.2) is 5.82 Å². The molecule has 0 aliphatic heterocycles. The van der Waals surface area contributed by atoms with Gasteiger partial charge in [0.2, 0.25) is 0 Å². The first-order chi connectivity index (χ1) is 13.4. The fourth-order valence-electron chi connectivity index (χ4n) is 3.09. The maximum absolute atomic E-state index is 12.3. The third kappa shape index (κ3) is 4.97. The molecule has 0 aliphatic rings. The minimum atomic E-state index is -0.361. The SMILES string of the molecule is CC(O)CNCc1ccc(Cn2c(-c3cccc(C(C)C)c3)n[nH]c2=O)cc1. The molecule has 0 saturated heterocycles. The van der Waals surface area contributed by atoms with E-state index in [2.05, 4.69) is 41.5 Å². The number of hydrogen-bond donors (Lipinski definition) is 3. The van der Waals surface area contributed by atoms with Crippen LogP contribution in [0.2, 0.25) is 0 Å². The van der Waals surface area contributed by atoms with E-state index in [0.717, 1.165) is 16.7 Å². The highest BCUT2D eigenvalue weighted by Crippen LogP contribution is 2.22. The number of aromatic nitrogens is 3. The van der Waals surface area contributed by atoms with Crippen molar-refractivity contribution in [3.05, 3.63) is 75.7 Å². The molecule has 2 aromatic carbocycles. The molecule has 0 fully saturated rings. The Labute approximate surface area is 165 Å². The highest BCUT2D eigenvalue weighted by atomic mass is 16.3. The summed E-state index contributed by atoms with van der Waals surface area (Å²) >= 11 is 0. The minimum absolute atomic E-state index is 0.215. The molecule has 1 heterocycles. The van der Waals surface area contributed by atoms with Crippen molar-refractivity contribution in [2.75, 3.05) is 6.54 Å². The Bertz CT molecular complexity index is 955. The van der Waals surface area contributed by atoms with Crippen LogP contribution in [-0.4, -0.2) is 32.5 Å². The molecule has 1 aromatic heterocycles. The van der Waals surface area contributed by atoms with Crippen LogP contribution < -0.4 is 11.0 Å². The van der Waals surface area contributed by atoms with E-state index in [-0.39, 0.29) is 11.8 Å². The van der Waals surface area contributed by atoms with Crippen molar-refractivity contribution < 1.29 is 5.11 Å². The lowest BCUT2D eigenvalue weighted by atomic mass is 10.0. The molecular weight excluding hydrogens is 352 g/mol. The molecule has 6 nitrogen and oxygen atoms in total. The van der Waals surface area contributed by atoms with Crippen LogP contribution in [-0.2, 0) is 13.1 Å². The van der Waals surface area contributed by atoms with E-state index < -0.39 is 0 Å². The summed E-state index contributed by atoms with van der Waals surface area (Å²) in [6.45, 7) is 7.77. The summed E-state index contributed by atoms with van der Waals surface area (Å²) in [5.74, 6) is 1.06. The van der Waals surface area contributed by atoms with E-state index in [1.165, 1.54) is 5.56 Å². The molecule has 3 aromatic rings. The molecule has 0 amide bonds. The van der Waals surface area contributed by atoms with E-state index >= 15 is 0 Å². The van der Waals surface area contributed by atoms with E-state index in [4.69, 9.17) is 0 Å². The fraction of sp³-hybridized carbons (Fsp3) is 0.364. The van der Waals surface area contributed by atoms with Crippen LogP contribution >= 0.6 is 0 Å². The Morgan fingerprint density at radius 3 is 2.50 bits per heavy atom. The Hall–Kier alpha value is -2.70. The lowest BCUT2D eigenvalue weighted by molar-refractivity contribution is 0.191. The number of benzene rings is 2. The fourth-order valence-corrected chi connectivity index (χ4v) is 3.09. The normalized spacial score (nSPS) is 12.5. The van der Waals surface area contributed by atoms with Crippen molar-refractivity contribution in [2.24, 2.45) is 0 Å². The average molecular weight is 380 g/mol. The third-order valence-corrected chi connectivity index (χ3v) is 4.70. The van der Waals surface area contributed by atoms with Crippen molar-refractivity contribution in [3.63, 3.8) is 0 Å². The van der Waals surface area contributed by atoms with Crippen LogP contribution in [0.3, 0.4) is 0 Å². The van der Waals surface area contributed by atoms with Gasteiger partial charge in [-0.1, -0.05) is 56.3 Å². The standard InChI is InChI=1S/C22H28N4O2/c1-15(2)19-5-4-6-20(11-19)21-24-25-22(28)26(21)14-18-9-7-17(8-10-18)13-23-12-16(3)27/h4-11,15-16,23,27H,12-14H2,1-3H3,(H,25,28). The van der Waals surface area contributed by atoms with Gasteiger partial charge in [0.25, 0.3) is 0 Å². The molecule has 3 rings (SSSR count). The van der Waals surface area contributed by atoms with Gasteiger partial charge in [0.05, 0.1) is 12.6 Å². The molecule has 6 heteroatoms. The predicted octanol–water partition coefficient (Wildman–Crippen LogP) is 2.88. The maximum atomic E-state index is 12.3. The number of aliphatic hydroxyl groups is 1. The zero-order chi connectivity index (χ0) is 20.1. The molecule has 3 N–H and O–H groups in total. The summed E-state index contributed by atoms with van der Waals surface area (Å²) in [6, 6.07) is 16.3. The smallest absolute Gasteiger partial charge is 0.343 e. The number of hydrogen-bond acceptors (Lipinski definition) is 4. The second-order valence-electron chi connectivity index (χ2n) is 7.52. The van der Waals surface area contributed by atoms with Crippen molar-refractivity contribution in [1.29, 1.82) is 0 Å². The number of nitrogens with one attached hydrogen (secondary N) is 2. The van der Waals surface area contributed by atoms with Gasteiger partial charge in [0.1, 0.15) is 0 Å². The minimum Gasteiger partial charge on any atom is -0.392 e. The molecule has 0 saturated carbocycles. The number of aliphatic hydroxyl groups excluding tert-OH is 1. The Morgan fingerprint density at radius 1 is 1.11 bits per heavy atom. The molecule has 148 valence electrons. The van der Waals surface area contributed by atoms with Gasteiger partial charge in [-0.25, -0.2) is 9.89 Å². The summed E-state index contributed by atoms with van der Waals surface area (Å²) in [7, 11) is 0. The monoisotopic (exact) mass is 380 g/mol. The first-order valence-corrected chi connectivity index (χ1v) is 9.66. The Morgan fingerprint density at radius 2 is 1.82 bits per heavy atom. The highest BCUT2D eigenvalue weighted by Gasteiger charge is 2.12.